The minimum Gasteiger partial charge on any atom is -0.508 e. The highest BCUT2D eigenvalue weighted by atomic mass is 35.5. The number of nitrogens with one attached hydrogen (secondary N) is 1. The molecule has 0 aliphatic heterocycles. The smallest absolute Gasteiger partial charge is 0.253 e. The fourth-order valence-corrected chi connectivity index (χ4v) is 4.14. The third kappa shape index (κ3) is 7.88. The Hall–Kier alpha value is -3.16. The van der Waals surface area contributed by atoms with E-state index < -0.39 is 21.8 Å². The summed E-state index contributed by atoms with van der Waals surface area (Å²) in [5, 5.41) is 21.5. The monoisotopic (exact) mass is 464 g/mol. The van der Waals surface area contributed by atoms with E-state index in [1.54, 1.807) is 0 Å². The van der Waals surface area contributed by atoms with Gasteiger partial charge in [-0.2, -0.15) is 9.66 Å². The van der Waals surface area contributed by atoms with Crippen LogP contribution in [-0.2, 0) is 26.2 Å². The van der Waals surface area contributed by atoms with Crippen LogP contribution in [0.15, 0.2) is 45.4 Å². The molecule has 2 rings (SSSR count). The highest BCUT2D eigenvalue weighted by Gasteiger charge is 2.19. The van der Waals surface area contributed by atoms with Gasteiger partial charge in [-0.15, -0.1) is 0 Å². The van der Waals surface area contributed by atoms with Gasteiger partial charge in [0.05, 0.1) is 23.1 Å². The maximum Gasteiger partial charge on any atom is 0.253 e. The van der Waals surface area contributed by atoms with E-state index in [-0.39, 0.29) is 59.2 Å². The number of carbonyl (C=O) groups is 2. The van der Waals surface area contributed by atoms with Crippen LogP contribution in [0.25, 0.3) is 0 Å². The number of sulfonamides is 1. The number of carbonyl (C=O) groups excluding carboxylic acids is 2. The Morgan fingerprint density at radius 2 is 2.03 bits per heavy atom. The minimum atomic E-state index is -3.80. The predicted molar refractivity (Wildman–Crippen MR) is 116 cm³/mol. The molecule has 0 radical (unpaired) electrons. The average Bonchev–Trinajstić information content (AvgIpc) is 2.69. The number of aromatic hydroxyl groups is 1. The van der Waals surface area contributed by atoms with Gasteiger partial charge in [0.2, 0.25) is 11.8 Å². The number of benzene rings is 1. The minimum absolute atomic E-state index is 0.000311. The summed E-state index contributed by atoms with van der Waals surface area (Å²) in [6.45, 7) is -0.000311. The number of hydrogen-bond acceptors (Lipinski definition) is 6. The second-order valence-electron chi connectivity index (χ2n) is 6.81. The number of amides is 2. The molecule has 1 aliphatic carbocycles. The molecule has 0 saturated carbocycles. The molecule has 1 aliphatic rings. The molecular weight excluding hydrogens is 444 g/mol. The van der Waals surface area contributed by atoms with E-state index in [1.165, 1.54) is 30.4 Å². The van der Waals surface area contributed by atoms with Crippen molar-refractivity contribution in [3.8, 4) is 11.8 Å². The molecule has 1 aromatic rings. The normalized spacial score (nSPS) is 15.0. The Labute approximate surface area is 185 Å². The van der Waals surface area contributed by atoms with Crippen LogP contribution in [0, 0.1) is 11.3 Å². The number of hydrogen-bond donors (Lipinski definition) is 3. The zero-order valence-corrected chi connectivity index (χ0v) is 18.0. The van der Waals surface area contributed by atoms with Crippen molar-refractivity contribution in [2.45, 2.75) is 32.2 Å². The fourth-order valence-electron chi connectivity index (χ4n) is 2.75. The van der Waals surface area contributed by atoms with Crippen LogP contribution < -0.4 is 11.1 Å². The molecule has 0 saturated heterocycles. The number of allylic oxidation sites excluding steroid dienone is 3. The Morgan fingerprint density at radius 1 is 1.29 bits per heavy atom. The van der Waals surface area contributed by atoms with Crippen LogP contribution >= 0.6 is 11.6 Å². The van der Waals surface area contributed by atoms with Gasteiger partial charge in [-0.05, 0) is 37.1 Å². The molecule has 1 aromatic carbocycles. The van der Waals surface area contributed by atoms with Crippen molar-refractivity contribution >= 4 is 39.2 Å². The summed E-state index contributed by atoms with van der Waals surface area (Å²) in [4.78, 5) is 23.2. The molecule has 164 valence electrons. The van der Waals surface area contributed by atoms with Gasteiger partial charge >= 0.3 is 0 Å². The summed E-state index contributed by atoms with van der Waals surface area (Å²) in [6.07, 6.45) is 3.41. The average molecular weight is 465 g/mol. The van der Waals surface area contributed by atoms with Gasteiger partial charge in [0.1, 0.15) is 5.75 Å². The highest BCUT2D eigenvalue weighted by molar-refractivity contribution is 7.90. The number of halogens is 1. The lowest BCUT2D eigenvalue weighted by atomic mass is 10.0. The van der Waals surface area contributed by atoms with E-state index in [9.17, 15) is 23.1 Å². The SMILES string of the molecule is N#Cc1ccc(CNC(=O)C2=CC(Cl)=CC(=NS(=O)(=O)CCCCC(N)=O)C2)c(O)c1. The van der Waals surface area contributed by atoms with Crippen molar-refractivity contribution in [1.29, 1.82) is 5.26 Å². The quantitative estimate of drug-likeness (QED) is 0.471. The third-order valence-electron chi connectivity index (χ3n) is 4.27. The number of rotatable bonds is 9. The highest BCUT2D eigenvalue weighted by Crippen LogP contribution is 2.21. The Morgan fingerprint density at radius 3 is 2.68 bits per heavy atom. The first kappa shape index (κ1) is 24.1. The van der Waals surface area contributed by atoms with Crippen LogP contribution in [-0.4, -0.2) is 36.8 Å². The lowest BCUT2D eigenvalue weighted by Gasteiger charge is -2.14. The number of unbranched alkanes of at least 4 members (excludes halogenated alkanes) is 1. The van der Waals surface area contributed by atoms with Crippen molar-refractivity contribution in [3.05, 3.63) is 52.1 Å². The Bertz CT molecular complexity index is 1120. The van der Waals surface area contributed by atoms with Crippen LogP contribution in [0.4, 0.5) is 0 Å². The molecule has 0 spiro atoms. The standard InChI is InChI=1S/C20H21ClN4O5S/c21-16-8-15(20(28)24-12-14-5-4-13(11-22)7-18(14)26)9-17(10-16)25-31(29,30)6-2-1-3-19(23)27/h4-5,7-8,10,26H,1-3,6,9,12H2,(H2,23,27)(H,24,28). The Kier molecular flexibility index (Phi) is 8.36. The number of nitrogens with two attached hydrogens (primary N) is 1. The number of nitrogens with zero attached hydrogens (tertiary/aromatic N) is 2. The third-order valence-corrected chi connectivity index (χ3v) is 5.80. The summed E-state index contributed by atoms with van der Waals surface area (Å²) in [6, 6.07) is 6.23. The van der Waals surface area contributed by atoms with Crippen LogP contribution in [0.3, 0.4) is 0 Å². The number of phenolic OH excluding ortho intramolecular Hbond substituents is 1. The maximum atomic E-state index is 12.5. The van der Waals surface area contributed by atoms with E-state index in [1.807, 2.05) is 6.07 Å². The van der Waals surface area contributed by atoms with Crippen molar-refractivity contribution in [2.75, 3.05) is 5.75 Å². The molecule has 0 unspecified atom stereocenters. The molecule has 0 heterocycles. The molecule has 0 atom stereocenters. The largest absolute Gasteiger partial charge is 0.508 e. The van der Waals surface area contributed by atoms with E-state index in [4.69, 9.17) is 22.6 Å². The van der Waals surface area contributed by atoms with E-state index in [0.29, 0.717) is 12.0 Å². The first-order valence-corrected chi connectivity index (χ1v) is 11.3. The zero-order chi connectivity index (χ0) is 23.0. The van der Waals surface area contributed by atoms with Gasteiger partial charge in [0, 0.05) is 35.6 Å². The second-order valence-corrected chi connectivity index (χ2v) is 9.00. The van der Waals surface area contributed by atoms with Gasteiger partial charge in [-0.25, -0.2) is 8.42 Å². The summed E-state index contributed by atoms with van der Waals surface area (Å²) in [5.74, 6) is -1.37. The molecule has 0 aromatic heterocycles. The Balaban J connectivity index is 2.01. The number of phenols is 1. The lowest BCUT2D eigenvalue weighted by Crippen LogP contribution is -2.26. The first-order valence-electron chi connectivity index (χ1n) is 9.27. The molecule has 0 bridgehead atoms. The van der Waals surface area contributed by atoms with Crippen LogP contribution in [0.2, 0.25) is 0 Å². The topological polar surface area (TPSA) is 163 Å². The van der Waals surface area contributed by atoms with Crippen molar-refractivity contribution in [1.82, 2.24) is 5.32 Å². The summed E-state index contributed by atoms with van der Waals surface area (Å²) in [5.41, 5.74) is 6.06. The number of nitriles is 1. The van der Waals surface area contributed by atoms with Crippen LogP contribution in [0.1, 0.15) is 36.8 Å². The molecular formula is C20H21ClN4O5S. The fraction of sp³-hybridized carbons (Fsp3) is 0.300. The summed E-state index contributed by atoms with van der Waals surface area (Å²) >= 11 is 6.02. The molecule has 9 nitrogen and oxygen atoms in total. The van der Waals surface area contributed by atoms with E-state index in [0.717, 1.165) is 0 Å². The van der Waals surface area contributed by atoms with Gasteiger partial charge in [-0.1, -0.05) is 17.7 Å². The number of primary amides is 1. The summed E-state index contributed by atoms with van der Waals surface area (Å²) < 4.78 is 28.1. The lowest BCUT2D eigenvalue weighted by molar-refractivity contribution is -0.118. The van der Waals surface area contributed by atoms with Gasteiger partial charge in [-0.3, -0.25) is 9.59 Å². The van der Waals surface area contributed by atoms with Gasteiger partial charge in [0.25, 0.3) is 10.0 Å². The van der Waals surface area contributed by atoms with Crippen molar-refractivity contribution < 1.29 is 23.1 Å². The van der Waals surface area contributed by atoms with Crippen molar-refractivity contribution in [3.63, 3.8) is 0 Å². The molecule has 31 heavy (non-hydrogen) atoms. The van der Waals surface area contributed by atoms with E-state index >= 15 is 0 Å². The van der Waals surface area contributed by atoms with Gasteiger partial charge < -0.3 is 16.2 Å². The molecule has 0 fully saturated rings. The van der Waals surface area contributed by atoms with Crippen LogP contribution in [0.5, 0.6) is 5.75 Å². The first-order chi connectivity index (χ1) is 14.6. The van der Waals surface area contributed by atoms with Crippen molar-refractivity contribution in [2.24, 2.45) is 10.1 Å². The summed E-state index contributed by atoms with van der Waals surface area (Å²) in [7, 11) is -3.80. The molecule has 4 N–H and O–H groups in total. The van der Waals surface area contributed by atoms with Gasteiger partial charge in [0.15, 0.2) is 0 Å². The molecule has 11 heteroatoms. The second kappa shape index (κ2) is 10.7. The maximum absolute atomic E-state index is 12.5. The zero-order valence-electron chi connectivity index (χ0n) is 16.5. The van der Waals surface area contributed by atoms with E-state index in [2.05, 4.69) is 9.71 Å². The molecule has 2 amide bonds. The predicted octanol–water partition coefficient (Wildman–Crippen LogP) is 1.76.